The second-order valence-electron chi connectivity index (χ2n) is 6.40. The van der Waals surface area contributed by atoms with Crippen molar-refractivity contribution < 1.29 is 4.74 Å². The molecule has 0 aromatic carbocycles. The van der Waals surface area contributed by atoms with E-state index in [4.69, 9.17) is 10.5 Å². The highest BCUT2D eigenvalue weighted by molar-refractivity contribution is 5.15. The van der Waals surface area contributed by atoms with Gasteiger partial charge in [-0.15, -0.1) is 0 Å². The van der Waals surface area contributed by atoms with Crippen molar-refractivity contribution in [2.24, 2.45) is 41.2 Å². The van der Waals surface area contributed by atoms with Crippen molar-refractivity contribution >= 4 is 0 Å². The molecule has 0 heterocycles. The van der Waals surface area contributed by atoms with Crippen molar-refractivity contribution in [2.45, 2.75) is 38.6 Å². The molecule has 0 saturated heterocycles. The Balaban J connectivity index is 1.56. The molecule has 2 bridgehead atoms. The zero-order valence-electron chi connectivity index (χ0n) is 10.6. The van der Waals surface area contributed by atoms with E-state index in [2.05, 4.69) is 6.92 Å². The third kappa shape index (κ3) is 1.53. The van der Waals surface area contributed by atoms with Gasteiger partial charge in [-0.1, -0.05) is 6.92 Å². The summed E-state index contributed by atoms with van der Waals surface area (Å²) in [7, 11) is 1.78. The summed E-state index contributed by atoms with van der Waals surface area (Å²) in [6.45, 7) is 3.17. The Kier molecular flexibility index (Phi) is 2.75. The first kappa shape index (κ1) is 11.0. The lowest BCUT2D eigenvalue weighted by Gasteiger charge is -2.22. The Bertz CT molecular complexity index is 251. The van der Waals surface area contributed by atoms with Gasteiger partial charge in [0.15, 0.2) is 0 Å². The van der Waals surface area contributed by atoms with Crippen LogP contribution in [-0.2, 0) is 4.74 Å². The van der Waals surface area contributed by atoms with Crippen molar-refractivity contribution in [3.05, 3.63) is 0 Å². The van der Waals surface area contributed by atoms with Gasteiger partial charge in [0.05, 0.1) is 0 Å². The maximum absolute atomic E-state index is 6.45. The Labute approximate surface area is 98.9 Å². The van der Waals surface area contributed by atoms with Gasteiger partial charge in [-0.05, 0) is 61.2 Å². The second kappa shape index (κ2) is 3.99. The molecular formula is C14H25NO. The predicted molar refractivity (Wildman–Crippen MR) is 64.9 cm³/mol. The van der Waals surface area contributed by atoms with Gasteiger partial charge in [0, 0.05) is 19.8 Å². The third-order valence-corrected chi connectivity index (χ3v) is 5.67. The summed E-state index contributed by atoms with van der Waals surface area (Å²) < 4.78 is 5.16. The van der Waals surface area contributed by atoms with Crippen molar-refractivity contribution in [3.8, 4) is 0 Å². The van der Waals surface area contributed by atoms with Crippen LogP contribution >= 0.6 is 0 Å². The fourth-order valence-electron chi connectivity index (χ4n) is 4.78. The fraction of sp³-hybridized carbons (Fsp3) is 1.00. The zero-order chi connectivity index (χ0) is 11.3. The van der Waals surface area contributed by atoms with E-state index < -0.39 is 0 Å². The molecular weight excluding hydrogens is 198 g/mol. The molecule has 3 fully saturated rings. The maximum atomic E-state index is 6.45. The Hall–Kier alpha value is -0.0800. The normalized spacial score (nSPS) is 47.8. The highest BCUT2D eigenvalue weighted by Gasteiger charge is 2.66. The quantitative estimate of drug-likeness (QED) is 0.776. The number of fused-ring (bicyclic) bond motifs is 5. The number of hydrogen-bond donors (Lipinski definition) is 1. The molecule has 6 unspecified atom stereocenters. The van der Waals surface area contributed by atoms with Crippen LogP contribution in [0.2, 0.25) is 0 Å². The minimum absolute atomic E-state index is 0.438. The van der Waals surface area contributed by atoms with Crippen LogP contribution in [0.15, 0.2) is 0 Å². The van der Waals surface area contributed by atoms with E-state index in [0.29, 0.717) is 12.0 Å². The number of nitrogens with two attached hydrogens (primary N) is 1. The monoisotopic (exact) mass is 223 g/mol. The predicted octanol–water partition coefficient (Wildman–Crippen LogP) is 2.28. The van der Waals surface area contributed by atoms with E-state index in [-0.39, 0.29) is 0 Å². The van der Waals surface area contributed by atoms with Crippen LogP contribution in [0.3, 0.4) is 0 Å². The molecule has 92 valence electrons. The average molecular weight is 223 g/mol. The summed E-state index contributed by atoms with van der Waals surface area (Å²) >= 11 is 0. The van der Waals surface area contributed by atoms with Crippen molar-refractivity contribution in [1.82, 2.24) is 0 Å². The van der Waals surface area contributed by atoms with Crippen LogP contribution in [0.1, 0.15) is 32.6 Å². The molecule has 0 aliphatic heterocycles. The summed E-state index contributed by atoms with van der Waals surface area (Å²) in [6, 6.07) is 0.438. The zero-order valence-corrected chi connectivity index (χ0v) is 10.6. The molecule has 3 rings (SSSR count). The summed E-state index contributed by atoms with van der Waals surface area (Å²) in [5.41, 5.74) is 6.45. The lowest BCUT2D eigenvalue weighted by Crippen LogP contribution is -2.33. The SMILES string of the molecule is COCCC(C)C(N)C1C2C3CCC(C3)C21. The summed E-state index contributed by atoms with van der Waals surface area (Å²) in [5.74, 6) is 5.67. The van der Waals surface area contributed by atoms with Gasteiger partial charge in [0.25, 0.3) is 0 Å². The van der Waals surface area contributed by atoms with Crippen molar-refractivity contribution in [3.63, 3.8) is 0 Å². The largest absolute Gasteiger partial charge is 0.385 e. The number of methoxy groups -OCH3 is 1. The number of hydrogen-bond acceptors (Lipinski definition) is 2. The second-order valence-corrected chi connectivity index (χ2v) is 6.40. The van der Waals surface area contributed by atoms with E-state index >= 15 is 0 Å². The van der Waals surface area contributed by atoms with E-state index in [0.717, 1.165) is 42.6 Å². The standard InChI is InChI=1S/C14H25NO/c1-8(5-6-16-2)14(15)13-11-9-3-4-10(7-9)12(11)13/h8-14H,3-7,15H2,1-2H3. The molecule has 2 nitrogen and oxygen atoms in total. The Morgan fingerprint density at radius 1 is 1.25 bits per heavy atom. The van der Waals surface area contributed by atoms with E-state index in [1.165, 1.54) is 19.3 Å². The van der Waals surface area contributed by atoms with Crippen LogP contribution in [0, 0.1) is 35.5 Å². The van der Waals surface area contributed by atoms with Gasteiger partial charge in [-0.2, -0.15) is 0 Å². The summed E-state index contributed by atoms with van der Waals surface area (Å²) in [6.07, 6.45) is 5.66. The molecule has 0 spiro atoms. The van der Waals surface area contributed by atoms with E-state index in [1.54, 1.807) is 7.11 Å². The fourth-order valence-corrected chi connectivity index (χ4v) is 4.78. The average Bonchev–Trinajstić information content (AvgIpc) is 2.73. The lowest BCUT2D eigenvalue weighted by molar-refractivity contribution is 0.169. The summed E-state index contributed by atoms with van der Waals surface area (Å²) in [4.78, 5) is 0. The smallest absolute Gasteiger partial charge is 0.0465 e. The Morgan fingerprint density at radius 3 is 2.44 bits per heavy atom. The molecule has 2 N–H and O–H groups in total. The molecule has 3 aliphatic carbocycles. The van der Waals surface area contributed by atoms with Crippen LogP contribution in [0.4, 0.5) is 0 Å². The molecule has 0 radical (unpaired) electrons. The highest BCUT2D eigenvalue weighted by atomic mass is 16.5. The van der Waals surface area contributed by atoms with E-state index in [1.807, 2.05) is 0 Å². The van der Waals surface area contributed by atoms with Gasteiger partial charge in [-0.3, -0.25) is 0 Å². The first-order valence-corrected chi connectivity index (χ1v) is 6.98. The third-order valence-electron chi connectivity index (χ3n) is 5.67. The van der Waals surface area contributed by atoms with Gasteiger partial charge >= 0.3 is 0 Å². The molecule has 0 aromatic heterocycles. The number of rotatable bonds is 5. The van der Waals surface area contributed by atoms with Crippen molar-refractivity contribution in [1.29, 1.82) is 0 Å². The molecule has 3 saturated carbocycles. The number of ether oxygens (including phenoxy) is 1. The van der Waals surface area contributed by atoms with Gasteiger partial charge in [-0.25, -0.2) is 0 Å². The lowest BCUT2D eigenvalue weighted by atomic mass is 9.89. The van der Waals surface area contributed by atoms with Crippen LogP contribution in [0.25, 0.3) is 0 Å². The summed E-state index contributed by atoms with van der Waals surface area (Å²) in [5, 5.41) is 0. The van der Waals surface area contributed by atoms with Gasteiger partial charge in [0.2, 0.25) is 0 Å². The minimum atomic E-state index is 0.438. The molecule has 6 atom stereocenters. The molecule has 16 heavy (non-hydrogen) atoms. The molecule has 2 heteroatoms. The van der Waals surface area contributed by atoms with Crippen molar-refractivity contribution in [2.75, 3.05) is 13.7 Å². The first-order valence-electron chi connectivity index (χ1n) is 6.98. The van der Waals surface area contributed by atoms with Gasteiger partial charge in [0.1, 0.15) is 0 Å². The Morgan fingerprint density at radius 2 is 1.88 bits per heavy atom. The van der Waals surface area contributed by atoms with Crippen LogP contribution in [-0.4, -0.2) is 19.8 Å². The van der Waals surface area contributed by atoms with Crippen LogP contribution in [0.5, 0.6) is 0 Å². The molecule has 0 amide bonds. The molecule has 0 aromatic rings. The van der Waals surface area contributed by atoms with Crippen LogP contribution < -0.4 is 5.73 Å². The molecule has 3 aliphatic rings. The highest BCUT2D eigenvalue weighted by Crippen LogP contribution is 2.70. The van der Waals surface area contributed by atoms with Gasteiger partial charge < -0.3 is 10.5 Å². The maximum Gasteiger partial charge on any atom is 0.0465 e. The topological polar surface area (TPSA) is 35.2 Å². The first-order chi connectivity index (χ1) is 7.74. The van der Waals surface area contributed by atoms with E-state index in [9.17, 15) is 0 Å². The minimum Gasteiger partial charge on any atom is -0.385 e.